The molecule has 1 unspecified atom stereocenters. The summed E-state index contributed by atoms with van der Waals surface area (Å²) in [7, 11) is 1.32. The Hall–Kier alpha value is -0.650. The molecule has 80 valence electrons. The molecule has 5 nitrogen and oxygen atoms in total. The molecule has 13 heavy (non-hydrogen) atoms. The Labute approximate surface area is 78.3 Å². The summed E-state index contributed by atoms with van der Waals surface area (Å²) in [6, 6.07) is 0. The average molecular weight is 193 g/mol. The number of hydrogen-bond acceptors (Lipinski definition) is 5. The van der Waals surface area contributed by atoms with E-state index in [1.54, 1.807) is 0 Å². The number of aliphatic hydroxyl groups excluding tert-OH is 2. The van der Waals surface area contributed by atoms with Gasteiger partial charge in [0.2, 0.25) is 0 Å². The summed E-state index contributed by atoms with van der Waals surface area (Å²) < 4.78 is 4.41. The van der Waals surface area contributed by atoms with Gasteiger partial charge in [-0.3, -0.25) is 4.79 Å². The second kappa shape index (κ2) is 9.44. The summed E-state index contributed by atoms with van der Waals surface area (Å²) in [5.41, 5.74) is 0. The molecule has 0 aromatic rings. The van der Waals surface area contributed by atoms with E-state index in [2.05, 4.69) is 4.74 Å². The number of hydrogen-bond donors (Lipinski definition) is 3. The molecule has 0 aliphatic heterocycles. The molecule has 0 amide bonds. The van der Waals surface area contributed by atoms with Gasteiger partial charge in [0.1, 0.15) is 0 Å². The minimum Gasteiger partial charge on any atom is -0.469 e. The second-order valence-electron chi connectivity index (χ2n) is 2.63. The number of rotatable bonds is 6. The van der Waals surface area contributed by atoms with E-state index in [9.17, 15) is 9.90 Å². The predicted molar refractivity (Wildman–Crippen MR) is 48.6 cm³/mol. The van der Waals surface area contributed by atoms with Gasteiger partial charge in [-0.1, -0.05) is 0 Å². The first-order valence-corrected chi connectivity index (χ1v) is 4.06. The number of carbonyl (C=O) groups excluding carboxylic acids is 1. The fourth-order valence-corrected chi connectivity index (χ4v) is 0.858. The van der Waals surface area contributed by atoms with Crippen LogP contribution in [0.3, 0.4) is 0 Å². The van der Waals surface area contributed by atoms with E-state index in [1.807, 2.05) is 0 Å². The van der Waals surface area contributed by atoms with Crippen molar-refractivity contribution in [1.82, 2.24) is 6.15 Å². The quantitative estimate of drug-likeness (QED) is 0.524. The van der Waals surface area contributed by atoms with Crippen molar-refractivity contribution in [2.24, 2.45) is 0 Å². The third-order valence-corrected chi connectivity index (χ3v) is 1.60. The number of carbonyl (C=O) groups is 1. The Balaban J connectivity index is 0. The van der Waals surface area contributed by atoms with Gasteiger partial charge in [0, 0.05) is 13.0 Å². The predicted octanol–water partition coefficient (Wildman–Crippen LogP) is 0.235. The third-order valence-electron chi connectivity index (χ3n) is 1.60. The van der Waals surface area contributed by atoms with Crippen LogP contribution in [-0.2, 0) is 9.53 Å². The van der Waals surface area contributed by atoms with E-state index in [0.29, 0.717) is 19.3 Å². The molecule has 0 aliphatic rings. The van der Waals surface area contributed by atoms with Crippen LogP contribution < -0.4 is 6.15 Å². The van der Waals surface area contributed by atoms with Crippen LogP contribution in [0.4, 0.5) is 0 Å². The van der Waals surface area contributed by atoms with Gasteiger partial charge in [-0.25, -0.2) is 0 Å². The fourth-order valence-electron chi connectivity index (χ4n) is 0.858. The van der Waals surface area contributed by atoms with Crippen molar-refractivity contribution < 1.29 is 19.7 Å². The molecule has 0 bridgehead atoms. The van der Waals surface area contributed by atoms with Crippen LogP contribution in [0, 0.1) is 0 Å². The van der Waals surface area contributed by atoms with E-state index in [4.69, 9.17) is 5.11 Å². The molecule has 5 heteroatoms. The van der Waals surface area contributed by atoms with Crippen LogP contribution in [0.15, 0.2) is 0 Å². The zero-order valence-electron chi connectivity index (χ0n) is 8.03. The Morgan fingerprint density at radius 1 is 1.46 bits per heavy atom. The van der Waals surface area contributed by atoms with Gasteiger partial charge in [0.15, 0.2) is 0 Å². The average Bonchev–Trinajstić information content (AvgIpc) is 2.10. The van der Waals surface area contributed by atoms with Crippen molar-refractivity contribution in [3.05, 3.63) is 0 Å². The minimum atomic E-state index is -0.503. The van der Waals surface area contributed by atoms with Gasteiger partial charge in [0.05, 0.1) is 13.2 Å². The van der Waals surface area contributed by atoms with Crippen LogP contribution in [0.25, 0.3) is 0 Å². The highest BCUT2D eigenvalue weighted by Gasteiger charge is 2.07. The standard InChI is InChI=1S/C8H16O4.H3N/c1-12-8(11)5-4-7(10)3-2-6-9;/h7,9-10H,2-6H2,1H3;1H3. The molecule has 0 spiro atoms. The molecule has 0 aliphatic carbocycles. The molecule has 0 aromatic heterocycles. The molecule has 5 N–H and O–H groups in total. The lowest BCUT2D eigenvalue weighted by atomic mass is 10.1. The molecule has 0 saturated carbocycles. The summed E-state index contributed by atoms with van der Waals surface area (Å²) in [6.45, 7) is 0.0787. The van der Waals surface area contributed by atoms with Gasteiger partial charge in [-0.2, -0.15) is 0 Å². The monoisotopic (exact) mass is 193 g/mol. The van der Waals surface area contributed by atoms with E-state index >= 15 is 0 Å². The molecule has 0 rings (SSSR count). The highest BCUT2D eigenvalue weighted by Crippen LogP contribution is 2.04. The summed E-state index contributed by atoms with van der Waals surface area (Å²) >= 11 is 0. The number of methoxy groups -OCH3 is 1. The van der Waals surface area contributed by atoms with Gasteiger partial charge < -0.3 is 21.1 Å². The third kappa shape index (κ3) is 9.26. The molecule has 0 fully saturated rings. The molecular formula is C8H19NO4. The lowest BCUT2D eigenvalue weighted by molar-refractivity contribution is -0.141. The van der Waals surface area contributed by atoms with Crippen LogP contribution in [0.2, 0.25) is 0 Å². The summed E-state index contributed by atoms with van der Waals surface area (Å²) in [6.07, 6.45) is 1.25. The van der Waals surface area contributed by atoms with E-state index in [-0.39, 0.29) is 25.1 Å². The largest absolute Gasteiger partial charge is 0.469 e. The van der Waals surface area contributed by atoms with Crippen LogP contribution in [0.5, 0.6) is 0 Å². The van der Waals surface area contributed by atoms with Crippen molar-refractivity contribution in [3.8, 4) is 0 Å². The number of aliphatic hydroxyl groups is 2. The number of ether oxygens (including phenoxy) is 1. The lowest BCUT2D eigenvalue weighted by Gasteiger charge is -2.07. The first kappa shape index (κ1) is 14.9. The fraction of sp³-hybridized carbons (Fsp3) is 0.875. The second-order valence-corrected chi connectivity index (χ2v) is 2.63. The molecule has 0 aromatic carbocycles. The van der Waals surface area contributed by atoms with Crippen molar-refractivity contribution in [2.75, 3.05) is 13.7 Å². The maximum Gasteiger partial charge on any atom is 0.305 e. The van der Waals surface area contributed by atoms with E-state index in [0.717, 1.165) is 0 Å². The topological polar surface area (TPSA) is 102 Å². The minimum absolute atomic E-state index is 0. The Kier molecular flexibility index (Phi) is 10.8. The smallest absolute Gasteiger partial charge is 0.305 e. The molecule has 0 heterocycles. The first-order chi connectivity index (χ1) is 5.70. The van der Waals surface area contributed by atoms with Crippen LogP contribution >= 0.6 is 0 Å². The lowest BCUT2D eigenvalue weighted by Crippen LogP contribution is -2.11. The van der Waals surface area contributed by atoms with Crippen molar-refractivity contribution in [3.63, 3.8) is 0 Å². The van der Waals surface area contributed by atoms with Crippen molar-refractivity contribution in [1.29, 1.82) is 0 Å². The van der Waals surface area contributed by atoms with Gasteiger partial charge in [-0.15, -0.1) is 0 Å². The zero-order valence-corrected chi connectivity index (χ0v) is 8.03. The molecule has 0 saturated heterocycles. The highest BCUT2D eigenvalue weighted by molar-refractivity contribution is 5.69. The van der Waals surface area contributed by atoms with E-state index < -0.39 is 6.10 Å². The summed E-state index contributed by atoms with van der Waals surface area (Å²) in [5.74, 6) is -0.307. The molecule has 1 atom stereocenters. The highest BCUT2D eigenvalue weighted by atomic mass is 16.5. The van der Waals surface area contributed by atoms with Gasteiger partial charge in [0.25, 0.3) is 0 Å². The van der Waals surface area contributed by atoms with Crippen LogP contribution in [0.1, 0.15) is 25.7 Å². The molecule has 0 radical (unpaired) electrons. The molecular weight excluding hydrogens is 174 g/mol. The normalized spacial score (nSPS) is 11.6. The van der Waals surface area contributed by atoms with Gasteiger partial charge >= 0.3 is 5.97 Å². The Morgan fingerprint density at radius 2 is 2.08 bits per heavy atom. The SMILES string of the molecule is COC(=O)CCC(O)CCCO.N. The first-order valence-electron chi connectivity index (χ1n) is 4.06. The maximum absolute atomic E-state index is 10.6. The Morgan fingerprint density at radius 3 is 2.54 bits per heavy atom. The van der Waals surface area contributed by atoms with Gasteiger partial charge in [-0.05, 0) is 19.3 Å². The van der Waals surface area contributed by atoms with Crippen molar-refractivity contribution in [2.45, 2.75) is 31.8 Å². The Bertz CT molecular complexity index is 129. The summed E-state index contributed by atoms with van der Waals surface area (Å²) in [4.78, 5) is 10.6. The number of esters is 1. The van der Waals surface area contributed by atoms with Crippen molar-refractivity contribution >= 4 is 5.97 Å². The van der Waals surface area contributed by atoms with E-state index in [1.165, 1.54) is 7.11 Å². The van der Waals surface area contributed by atoms with Crippen LogP contribution in [-0.4, -0.2) is 36.0 Å². The maximum atomic E-state index is 10.6. The zero-order chi connectivity index (χ0) is 9.40. The summed E-state index contributed by atoms with van der Waals surface area (Å²) in [5, 5.41) is 17.6.